The molecule has 0 aliphatic heterocycles. The van der Waals surface area contributed by atoms with Gasteiger partial charge in [-0.25, -0.2) is 8.42 Å². The van der Waals surface area contributed by atoms with Crippen LogP contribution in [-0.2, 0) is 24.9 Å². The first-order valence-electron chi connectivity index (χ1n) is 6.76. The number of benzene rings is 1. The SMILES string of the molecule is CCCN(CC(=O)OCC)S(=O)(=O)c1ccc(CBr)cc1. The number of rotatable bonds is 8. The second-order valence-corrected chi connectivity index (χ2v) is 6.92. The van der Waals surface area contributed by atoms with Crippen molar-refractivity contribution in [3.05, 3.63) is 29.8 Å². The minimum atomic E-state index is -3.68. The Balaban J connectivity index is 2.99. The molecule has 1 aromatic carbocycles. The first-order chi connectivity index (χ1) is 9.95. The predicted octanol–water partition coefficient (Wildman–Crippen LogP) is 2.55. The molecule has 0 radical (unpaired) electrons. The van der Waals surface area contributed by atoms with E-state index >= 15 is 0 Å². The second-order valence-electron chi connectivity index (χ2n) is 4.42. The molecule has 7 heteroatoms. The molecule has 1 aromatic rings. The van der Waals surface area contributed by atoms with Crippen molar-refractivity contribution in [3.8, 4) is 0 Å². The van der Waals surface area contributed by atoms with E-state index in [2.05, 4.69) is 15.9 Å². The van der Waals surface area contributed by atoms with Crippen molar-refractivity contribution in [1.29, 1.82) is 0 Å². The number of sulfonamides is 1. The topological polar surface area (TPSA) is 63.7 Å². The lowest BCUT2D eigenvalue weighted by molar-refractivity contribution is -0.143. The smallest absolute Gasteiger partial charge is 0.321 e. The molecule has 0 atom stereocenters. The Bertz CT molecular complexity index is 557. The van der Waals surface area contributed by atoms with Crippen molar-refractivity contribution in [1.82, 2.24) is 4.31 Å². The van der Waals surface area contributed by atoms with Crippen molar-refractivity contribution in [3.63, 3.8) is 0 Å². The summed E-state index contributed by atoms with van der Waals surface area (Å²) in [5.74, 6) is -0.536. The van der Waals surface area contributed by atoms with Gasteiger partial charge in [-0.3, -0.25) is 4.79 Å². The third kappa shape index (κ3) is 5.09. The number of alkyl halides is 1. The number of carbonyl (C=O) groups is 1. The molecule has 0 bridgehead atoms. The highest BCUT2D eigenvalue weighted by molar-refractivity contribution is 9.08. The summed E-state index contributed by atoms with van der Waals surface area (Å²) in [6.07, 6.45) is 0.623. The number of hydrogen-bond donors (Lipinski definition) is 0. The highest BCUT2D eigenvalue weighted by atomic mass is 79.9. The van der Waals surface area contributed by atoms with Crippen LogP contribution in [0.15, 0.2) is 29.2 Å². The van der Waals surface area contributed by atoms with Gasteiger partial charge < -0.3 is 4.74 Å². The molecule has 0 N–H and O–H groups in total. The summed E-state index contributed by atoms with van der Waals surface area (Å²) in [6, 6.07) is 6.60. The quantitative estimate of drug-likeness (QED) is 0.515. The Morgan fingerprint density at radius 2 is 1.86 bits per heavy atom. The zero-order valence-corrected chi connectivity index (χ0v) is 14.6. The zero-order chi connectivity index (χ0) is 15.9. The van der Waals surface area contributed by atoms with Gasteiger partial charge in [-0.2, -0.15) is 4.31 Å². The van der Waals surface area contributed by atoms with Crippen LogP contribution in [0.1, 0.15) is 25.8 Å². The fraction of sp³-hybridized carbons (Fsp3) is 0.500. The number of halogens is 1. The molecule has 5 nitrogen and oxygen atoms in total. The Kier molecular flexibility index (Phi) is 7.34. The van der Waals surface area contributed by atoms with Gasteiger partial charge in [0.25, 0.3) is 0 Å². The van der Waals surface area contributed by atoms with Crippen LogP contribution in [0, 0.1) is 0 Å². The minimum Gasteiger partial charge on any atom is -0.465 e. The van der Waals surface area contributed by atoms with Crippen LogP contribution in [0.5, 0.6) is 0 Å². The molecule has 0 aliphatic carbocycles. The van der Waals surface area contributed by atoms with Crippen LogP contribution < -0.4 is 0 Å². The molecule has 0 fully saturated rings. The van der Waals surface area contributed by atoms with E-state index in [0.717, 1.165) is 9.87 Å². The van der Waals surface area contributed by atoms with Gasteiger partial charge in [0.1, 0.15) is 6.54 Å². The molecule has 0 saturated carbocycles. The van der Waals surface area contributed by atoms with Gasteiger partial charge in [-0.05, 0) is 31.0 Å². The lowest BCUT2D eigenvalue weighted by Crippen LogP contribution is -2.37. The van der Waals surface area contributed by atoms with Gasteiger partial charge in [0.05, 0.1) is 11.5 Å². The van der Waals surface area contributed by atoms with Gasteiger partial charge >= 0.3 is 5.97 Å². The zero-order valence-electron chi connectivity index (χ0n) is 12.2. The number of nitrogens with zero attached hydrogens (tertiary/aromatic N) is 1. The molecule has 0 aliphatic rings. The number of carbonyl (C=O) groups excluding carboxylic acids is 1. The van der Waals surface area contributed by atoms with Gasteiger partial charge in [0.2, 0.25) is 10.0 Å². The molecular weight excluding hydrogens is 358 g/mol. The summed E-state index contributed by atoms with van der Waals surface area (Å²) < 4.78 is 31.1. The first-order valence-corrected chi connectivity index (χ1v) is 9.32. The van der Waals surface area contributed by atoms with Crippen LogP contribution in [0.2, 0.25) is 0 Å². The summed E-state index contributed by atoms with van der Waals surface area (Å²) in [7, 11) is -3.68. The maximum atomic E-state index is 12.6. The van der Waals surface area contributed by atoms with Gasteiger partial charge in [0.15, 0.2) is 0 Å². The Labute approximate surface area is 134 Å². The van der Waals surface area contributed by atoms with E-state index in [1.54, 1.807) is 31.2 Å². The maximum absolute atomic E-state index is 12.6. The van der Waals surface area contributed by atoms with Crippen molar-refractivity contribution < 1.29 is 17.9 Å². The van der Waals surface area contributed by atoms with E-state index in [1.165, 1.54) is 0 Å². The van der Waals surface area contributed by atoms with E-state index < -0.39 is 16.0 Å². The van der Waals surface area contributed by atoms with Gasteiger partial charge in [-0.1, -0.05) is 35.0 Å². The van der Waals surface area contributed by atoms with Crippen molar-refractivity contribution in [2.24, 2.45) is 0 Å². The maximum Gasteiger partial charge on any atom is 0.321 e. The Hall–Kier alpha value is -0.920. The third-order valence-electron chi connectivity index (χ3n) is 2.80. The lowest BCUT2D eigenvalue weighted by Gasteiger charge is -2.20. The molecule has 118 valence electrons. The summed E-state index contributed by atoms with van der Waals surface area (Å²) in [6.45, 7) is 3.81. The van der Waals surface area contributed by atoms with Crippen LogP contribution >= 0.6 is 15.9 Å². The third-order valence-corrected chi connectivity index (χ3v) is 5.31. The van der Waals surface area contributed by atoms with E-state index in [9.17, 15) is 13.2 Å². The van der Waals surface area contributed by atoms with Gasteiger partial charge in [-0.15, -0.1) is 0 Å². The normalized spacial score (nSPS) is 11.6. The van der Waals surface area contributed by atoms with E-state index in [1.807, 2.05) is 6.92 Å². The highest BCUT2D eigenvalue weighted by Gasteiger charge is 2.26. The van der Waals surface area contributed by atoms with Crippen LogP contribution in [0.3, 0.4) is 0 Å². The highest BCUT2D eigenvalue weighted by Crippen LogP contribution is 2.18. The molecule has 21 heavy (non-hydrogen) atoms. The molecule has 0 unspecified atom stereocenters. The van der Waals surface area contributed by atoms with E-state index in [4.69, 9.17) is 4.74 Å². The largest absolute Gasteiger partial charge is 0.465 e. The number of ether oxygens (including phenoxy) is 1. The Morgan fingerprint density at radius 3 is 2.33 bits per heavy atom. The summed E-state index contributed by atoms with van der Waals surface area (Å²) in [5, 5.41) is 0.662. The summed E-state index contributed by atoms with van der Waals surface area (Å²) in [4.78, 5) is 11.8. The number of esters is 1. The molecule has 0 saturated heterocycles. The van der Waals surface area contributed by atoms with Crippen molar-refractivity contribution in [2.45, 2.75) is 30.5 Å². The van der Waals surface area contributed by atoms with E-state index in [0.29, 0.717) is 11.8 Å². The second kappa shape index (κ2) is 8.51. The summed E-state index contributed by atoms with van der Waals surface area (Å²) >= 11 is 3.32. The first kappa shape index (κ1) is 18.1. The fourth-order valence-corrected chi connectivity index (χ4v) is 3.63. The van der Waals surface area contributed by atoms with Crippen molar-refractivity contribution in [2.75, 3.05) is 19.7 Å². The fourth-order valence-electron chi connectivity index (χ4n) is 1.78. The molecule has 0 spiro atoms. The van der Waals surface area contributed by atoms with Crippen LogP contribution in [0.25, 0.3) is 0 Å². The Morgan fingerprint density at radius 1 is 1.24 bits per heavy atom. The molecular formula is C14H20BrNO4S. The molecule has 0 aromatic heterocycles. The molecule has 0 amide bonds. The predicted molar refractivity (Wildman–Crippen MR) is 84.8 cm³/mol. The van der Waals surface area contributed by atoms with Gasteiger partial charge in [0, 0.05) is 11.9 Å². The van der Waals surface area contributed by atoms with Crippen LogP contribution in [-0.4, -0.2) is 38.4 Å². The summed E-state index contributed by atoms with van der Waals surface area (Å²) in [5.41, 5.74) is 0.987. The monoisotopic (exact) mass is 377 g/mol. The number of hydrogen-bond acceptors (Lipinski definition) is 4. The van der Waals surface area contributed by atoms with E-state index in [-0.39, 0.29) is 24.6 Å². The molecule has 1 rings (SSSR count). The lowest BCUT2D eigenvalue weighted by atomic mass is 10.2. The minimum absolute atomic E-state index is 0.185. The average Bonchev–Trinajstić information content (AvgIpc) is 2.47. The average molecular weight is 378 g/mol. The van der Waals surface area contributed by atoms with Crippen molar-refractivity contribution >= 4 is 31.9 Å². The van der Waals surface area contributed by atoms with Crippen LogP contribution in [0.4, 0.5) is 0 Å². The molecule has 0 heterocycles. The standard InChI is InChI=1S/C14H20BrNO4S/c1-3-9-16(11-14(17)20-4-2)21(18,19)13-7-5-12(10-15)6-8-13/h5-8H,3-4,9-11H2,1-2H3.